The molecule has 0 amide bonds. The van der Waals surface area contributed by atoms with Gasteiger partial charge in [0.2, 0.25) is 5.90 Å². The Hall–Kier alpha value is -3.40. The van der Waals surface area contributed by atoms with Gasteiger partial charge in [0.1, 0.15) is 5.75 Å². The van der Waals surface area contributed by atoms with Gasteiger partial charge >= 0.3 is 5.97 Å². The van der Waals surface area contributed by atoms with Crippen LogP contribution < -0.4 is 4.74 Å². The second-order valence-corrected chi connectivity index (χ2v) is 6.11. The van der Waals surface area contributed by atoms with Crippen molar-refractivity contribution in [2.24, 2.45) is 4.99 Å². The summed E-state index contributed by atoms with van der Waals surface area (Å²) in [6.45, 7) is 1.98. The minimum Gasteiger partial charge on any atom is -0.496 e. The highest BCUT2D eigenvalue weighted by molar-refractivity contribution is 6.13. The first-order valence-electron chi connectivity index (χ1n) is 8.31. The average molecular weight is 343 g/mol. The standard InChI is InChI=1S/C22H17NO3/c1-14-6-5-8-16(12-14)21-23-19(22(24)26-21)13-18-17-9-4-3-7-15(17)10-11-20(18)25-2/h3-13H,1-2H3. The molecule has 4 rings (SSSR count). The van der Waals surface area contributed by atoms with Gasteiger partial charge in [-0.1, -0.05) is 48.0 Å². The fourth-order valence-corrected chi connectivity index (χ4v) is 3.05. The van der Waals surface area contributed by atoms with Crippen LogP contribution in [0.1, 0.15) is 16.7 Å². The summed E-state index contributed by atoms with van der Waals surface area (Å²) in [5.74, 6) is 0.545. The highest BCUT2D eigenvalue weighted by Gasteiger charge is 2.25. The lowest BCUT2D eigenvalue weighted by Gasteiger charge is -2.08. The Bertz CT molecular complexity index is 1080. The van der Waals surface area contributed by atoms with E-state index in [1.807, 2.05) is 67.6 Å². The minimum atomic E-state index is -0.462. The van der Waals surface area contributed by atoms with Crippen molar-refractivity contribution in [3.8, 4) is 5.75 Å². The number of carbonyl (C=O) groups excluding carboxylic acids is 1. The molecule has 3 aromatic carbocycles. The zero-order chi connectivity index (χ0) is 18.1. The quantitative estimate of drug-likeness (QED) is 0.519. The largest absolute Gasteiger partial charge is 0.496 e. The number of rotatable bonds is 3. The van der Waals surface area contributed by atoms with Crippen molar-refractivity contribution in [2.45, 2.75) is 6.92 Å². The number of hydrogen-bond donors (Lipinski definition) is 0. The van der Waals surface area contributed by atoms with E-state index < -0.39 is 5.97 Å². The number of benzene rings is 3. The Morgan fingerprint density at radius 3 is 2.69 bits per heavy atom. The van der Waals surface area contributed by atoms with E-state index in [1.165, 1.54) is 0 Å². The zero-order valence-electron chi connectivity index (χ0n) is 14.5. The molecule has 4 nitrogen and oxygen atoms in total. The highest BCUT2D eigenvalue weighted by Crippen LogP contribution is 2.31. The first kappa shape index (κ1) is 16.1. The van der Waals surface area contributed by atoms with Crippen LogP contribution in [0, 0.1) is 6.92 Å². The summed E-state index contributed by atoms with van der Waals surface area (Å²) in [5.41, 5.74) is 2.93. The molecular weight excluding hydrogens is 326 g/mol. The zero-order valence-corrected chi connectivity index (χ0v) is 14.5. The lowest BCUT2D eigenvalue weighted by molar-refractivity contribution is -0.129. The van der Waals surface area contributed by atoms with Crippen molar-refractivity contribution >= 4 is 28.7 Å². The van der Waals surface area contributed by atoms with E-state index in [1.54, 1.807) is 13.2 Å². The Morgan fingerprint density at radius 1 is 1.04 bits per heavy atom. The topological polar surface area (TPSA) is 47.9 Å². The van der Waals surface area contributed by atoms with Gasteiger partial charge in [0.15, 0.2) is 5.70 Å². The number of hydrogen-bond acceptors (Lipinski definition) is 4. The summed E-state index contributed by atoms with van der Waals surface area (Å²) in [7, 11) is 1.61. The molecule has 1 heterocycles. The maximum atomic E-state index is 12.3. The van der Waals surface area contributed by atoms with Crippen molar-refractivity contribution in [3.63, 3.8) is 0 Å². The van der Waals surface area contributed by atoms with Crippen molar-refractivity contribution in [3.05, 3.63) is 83.1 Å². The van der Waals surface area contributed by atoms with E-state index >= 15 is 0 Å². The number of cyclic esters (lactones) is 1. The van der Waals surface area contributed by atoms with E-state index in [-0.39, 0.29) is 5.70 Å². The summed E-state index contributed by atoms with van der Waals surface area (Å²) in [6, 6.07) is 19.5. The highest BCUT2D eigenvalue weighted by atomic mass is 16.6. The first-order valence-corrected chi connectivity index (χ1v) is 8.31. The fraction of sp³-hybridized carbons (Fsp3) is 0.0909. The van der Waals surface area contributed by atoms with Crippen LogP contribution in [0.5, 0.6) is 5.75 Å². The summed E-state index contributed by atoms with van der Waals surface area (Å²) in [6.07, 6.45) is 1.73. The van der Waals surface area contributed by atoms with Crippen molar-refractivity contribution in [2.75, 3.05) is 7.11 Å². The predicted octanol–water partition coefficient (Wildman–Crippen LogP) is 4.50. The Balaban J connectivity index is 1.84. The molecule has 1 aliphatic heterocycles. The van der Waals surface area contributed by atoms with Crippen molar-refractivity contribution in [1.29, 1.82) is 0 Å². The van der Waals surface area contributed by atoms with Gasteiger partial charge in [-0.25, -0.2) is 9.79 Å². The van der Waals surface area contributed by atoms with E-state index in [0.717, 1.165) is 27.5 Å². The van der Waals surface area contributed by atoms with Crippen LogP contribution in [0.3, 0.4) is 0 Å². The molecule has 3 aromatic rings. The van der Waals surface area contributed by atoms with Gasteiger partial charge in [0.25, 0.3) is 0 Å². The molecule has 0 aliphatic carbocycles. The molecule has 0 unspecified atom stereocenters. The second-order valence-electron chi connectivity index (χ2n) is 6.11. The number of esters is 1. The van der Waals surface area contributed by atoms with E-state index in [9.17, 15) is 4.79 Å². The van der Waals surface area contributed by atoms with E-state index in [0.29, 0.717) is 11.6 Å². The Kier molecular flexibility index (Phi) is 4.01. The van der Waals surface area contributed by atoms with Crippen molar-refractivity contribution < 1.29 is 14.3 Å². The number of nitrogens with zero attached hydrogens (tertiary/aromatic N) is 1. The summed E-state index contributed by atoms with van der Waals surface area (Å²) >= 11 is 0. The molecule has 0 spiro atoms. The third kappa shape index (κ3) is 2.86. The third-order valence-corrected chi connectivity index (χ3v) is 4.32. The molecular formula is C22H17NO3. The van der Waals surface area contributed by atoms with Gasteiger partial charge in [0.05, 0.1) is 7.11 Å². The number of carbonyl (C=O) groups is 1. The molecule has 0 saturated heterocycles. The lowest BCUT2D eigenvalue weighted by Crippen LogP contribution is -2.05. The second kappa shape index (κ2) is 6.48. The van der Waals surface area contributed by atoms with E-state index in [4.69, 9.17) is 9.47 Å². The number of ether oxygens (including phenoxy) is 2. The van der Waals surface area contributed by atoms with Gasteiger partial charge < -0.3 is 9.47 Å². The molecule has 1 aliphatic rings. The Labute approximate surface area is 151 Å². The molecule has 0 radical (unpaired) electrons. The van der Waals surface area contributed by atoms with Gasteiger partial charge in [0, 0.05) is 11.1 Å². The van der Waals surface area contributed by atoms with Crippen LogP contribution in [-0.2, 0) is 9.53 Å². The SMILES string of the molecule is COc1ccc2ccccc2c1C=C1N=C(c2cccc(C)c2)OC1=O. The molecule has 4 heteroatoms. The summed E-state index contributed by atoms with van der Waals surface area (Å²) < 4.78 is 10.9. The molecule has 0 saturated carbocycles. The maximum Gasteiger partial charge on any atom is 0.363 e. The van der Waals surface area contributed by atoms with Gasteiger partial charge in [-0.3, -0.25) is 0 Å². The average Bonchev–Trinajstić information content (AvgIpc) is 3.03. The van der Waals surface area contributed by atoms with Gasteiger partial charge in [-0.15, -0.1) is 0 Å². The smallest absolute Gasteiger partial charge is 0.363 e. The molecule has 128 valence electrons. The number of methoxy groups -OCH3 is 1. The van der Waals surface area contributed by atoms with Crippen LogP contribution in [0.15, 0.2) is 71.4 Å². The summed E-state index contributed by atoms with van der Waals surface area (Å²) in [5, 5.41) is 2.06. The van der Waals surface area contributed by atoms with Crippen LogP contribution in [-0.4, -0.2) is 19.0 Å². The van der Waals surface area contributed by atoms with Gasteiger partial charge in [-0.2, -0.15) is 0 Å². The van der Waals surface area contributed by atoms with Crippen LogP contribution in [0.4, 0.5) is 0 Å². The molecule has 0 aromatic heterocycles. The number of aryl methyl sites for hydroxylation is 1. The molecule has 0 atom stereocenters. The Morgan fingerprint density at radius 2 is 1.88 bits per heavy atom. The lowest BCUT2D eigenvalue weighted by atomic mass is 10.0. The molecule has 0 bridgehead atoms. The monoisotopic (exact) mass is 343 g/mol. The summed E-state index contributed by atoms with van der Waals surface area (Å²) in [4.78, 5) is 16.7. The van der Waals surface area contributed by atoms with Crippen LogP contribution in [0.2, 0.25) is 0 Å². The van der Waals surface area contributed by atoms with Crippen LogP contribution >= 0.6 is 0 Å². The molecule has 0 N–H and O–H groups in total. The fourth-order valence-electron chi connectivity index (χ4n) is 3.05. The van der Waals surface area contributed by atoms with Gasteiger partial charge in [-0.05, 0) is 42.0 Å². The molecule has 26 heavy (non-hydrogen) atoms. The van der Waals surface area contributed by atoms with E-state index in [2.05, 4.69) is 4.99 Å². The predicted molar refractivity (Wildman–Crippen MR) is 102 cm³/mol. The number of aliphatic imine (C=N–C) groups is 1. The number of fused-ring (bicyclic) bond motifs is 1. The molecule has 0 fully saturated rings. The normalized spacial score (nSPS) is 15.2. The first-order chi connectivity index (χ1) is 12.7. The maximum absolute atomic E-state index is 12.3. The van der Waals surface area contributed by atoms with Crippen LogP contribution in [0.25, 0.3) is 16.8 Å². The minimum absolute atomic E-state index is 0.260. The third-order valence-electron chi connectivity index (χ3n) is 4.32. The van der Waals surface area contributed by atoms with Crippen molar-refractivity contribution in [1.82, 2.24) is 0 Å².